The number of carbonyl (C=O) groups excluding carboxylic acids is 4. The van der Waals surface area contributed by atoms with Crippen LogP contribution < -0.4 is 0 Å². The molecule has 0 N–H and O–H groups in total. The number of allylic oxidation sites excluding steroid dienone is 2. The van der Waals surface area contributed by atoms with Crippen molar-refractivity contribution in [1.29, 1.82) is 0 Å². The molecular weight excluding hydrogens is 412 g/mol. The first-order chi connectivity index (χ1) is 15.4. The molecule has 174 valence electrons. The maximum Gasteiger partial charge on any atom is 0.310 e. The van der Waals surface area contributed by atoms with Crippen molar-refractivity contribution in [3.8, 4) is 0 Å². The third-order valence-electron chi connectivity index (χ3n) is 7.19. The summed E-state index contributed by atoms with van der Waals surface area (Å²) in [5.41, 5.74) is 0. The van der Waals surface area contributed by atoms with Crippen molar-refractivity contribution < 1.29 is 28.7 Å². The van der Waals surface area contributed by atoms with Crippen LogP contribution >= 0.6 is 0 Å². The largest absolute Gasteiger partial charge is 0.462 e. The van der Waals surface area contributed by atoms with E-state index in [0.717, 1.165) is 0 Å². The predicted octanol–water partition coefficient (Wildman–Crippen LogP) is 3.44. The molecule has 32 heavy (non-hydrogen) atoms. The molecule has 0 aromatic heterocycles. The monoisotopic (exact) mass is 444 g/mol. The minimum absolute atomic E-state index is 0.0718. The quantitative estimate of drug-likeness (QED) is 0.268. The minimum atomic E-state index is -0.554. The number of esters is 2. The van der Waals surface area contributed by atoms with E-state index < -0.39 is 11.8 Å². The molecular formula is C24H32N2O6. The molecule has 0 saturated heterocycles. The summed E-state index contributed by atoms with van der Waals surface area (Å²) in [4.78, 5) is 54.7. The summed E-state index contributed by atoms with van der Waals surface area (Å²) in [6, 6.07) is -0.144. The van der Waals surface area contributed by atoms with Crippen LogP contribution in [-0.2, 0) is 28.7 Å². The second kappa shape index (κ2) is 11.3. The van der Waals surface area contributed by atoms with Crippen LogP contribution in [0.25, 0.3) is 0 Å². The molecule has 2 fully saturated rings. The maximum atomic E-state index is 13.0. The van der Waals surface area contributed by atoms with E-state index in [2.05, 4.69) is 9.98 Å². The van der Waals surface area contributed by atoms with Crippen LogP contribution in [0.2, 0.25) is 0 Å². The summed E-state index contributed by atoms with van der Waals surface area (Å²) in [6.45, 7) is 3.98. The van der Waals surface area contributed by atoms with E-state index in [9.17, 15) is 19.2 Å². The first kappa shape index (κ1) is 24.1. The van der Waals surface area contributed by atoms with Crippen molar-refractivity contribution in [3.05, 3.63) is 12.2 Å². The van der Waals surface area contributed by atoms with Crippen molar-refractivity contribution in [2.24, 2.45) is 33.7 Å². The van der Waals surface area contributed by atoms with E-state index in [0.29, 0.717) is 51.4 Å². The molecule has 8 atom stereocenters. The van der Waals surface area contributed by atoms with Gasteiger partial charge in [0.1, 0.15) is 12.2 Å². The molecule has 8 nitrogen and oxygen atoms in total. The molecule has 0 amide bonds. The fourth-order valence-corrected chi connectivity index (χ4v) is 5.23. The van der Waals surface area contributed by atoms with Gasteiger partial charge in [-0.15, -0.1) is 0 Å². The third-order valence-corrected chi connectivity index (χ3v) is 7.19. The molecule has 8 unspecified atom stereocenters. The highest BCUT2D eigenvalue weighted by Crippen LogP contribution is 2.34. The number of hydrogen-bond donors (Lipinski definition) is 0. The molecule has 0 spiro atoms. The Bertz CT molecular complexity index is 747. The fraction of sp³-hybridized carbons (Fsp3) is 0.750. The van der Waals surface area contributed by atoms with Crippen LogP contribution in [0.1, 0.15) is 65.2 Å². The Morgan fingerprint density at radius 2 is 1.16 bits per heavy atom. The Balaban J connectivity index is 1.55. The van der Waals surface area contributed by atoms with Gasteiger partial charge in [0.25, 0.3) is 0 Å². The second-order valence-electron chi connectivity index (χ2n) is 9.43. The first-order valence-corrected chi connectivity index (χ1v) is 11.6. The molecule has 3 rings (SSSR count). The number of isocyanates is 2. The molecule has 2 saturated carbocycles. The highest BCUT2D eigenvalue weighted by atomic mass is 16.6. The number of aliphatic imine (C=N–C) groups is 2. The first-order valence-electron chi connectivity index (χ1n) is 11.6. The van der Waals surface area contributed by atoms with Crippen LogP contribution in [-0.4, -0.2) is 48.4 Å². The Morgan fingerprint density at radius 1 is 0.750 bits per heavy atom. The summed E-state index contributed by atoms with van der Waals surface area (Å²) in [6.07, 6.45) is 11.5. The van der Waals surface area contributed by atoms with Gasteiger partial charge in [0.05, 0.1) is 23.9 Å². The SMILES string of the molecule is CC1CC(OC(=O)C2CC=CCC2C(=O)OC2CCC(N=C=O)C(C)C2)CCC1N=C=O. The molecule has 3 aliphatic carbocycles. The van der Waals surface area contributed by atoms with E-state index in [4.69, 9.17) is 9.47 Å². The summed E-state index contributed by atoms with van der Waals surface area (Å²) in [7, 11) is 0. The van der Waals surface area contributed by atoms with Crippen LogP contribution in [0.15, 0.2) is 22.1 Å². The van der Waals surface area contributed by atoms with Gasteiger partial charge in [0, 0.05) is 0 Å². The van der Waals surface area contributed by atoms with Gasteiger partial charge in [-0.1, -0.05) is 26.0 Å². The zero-order valence-corrected chi connectivity index (χ0v) is 18.8. The topological polar surface area (TPSA) is 111 Å². The molecule has 3 aliphatic rings. The molecule has 0 radical (unpaired) electrons. The highest BCUT2D eigenvalue weighted by Gasteiger charge is 2.40. The van der Waals surface area contributed by atoms with Crippen LogP contribution in [0.3, 0.4) is 0 Å². The molecule has 0 aliphatic heterocycles. The highest BCUT2D eigenvalue weighted by molar-refractivity contribution is 5.83. The summed E-state index contributed by atoms with van der Waals surface area (Å²) < 4.78 is 11.6. The predicted molar refractivity (Wildman–Crippen MR) is 115 cm³/mol. The van der Waals surface area contributed by atoms with Gasteiger partial charge < -0.3 is 9.47 Å². The Labute approximate surface area is 188 Å². The number of rotatable bonds is 6. The smallest absolute Gasteiger partial charge is 0.310 e. The summed E-state index contributed by atoms with van der Waals surface area (Å²) in [5.74, 6) is -1.55. The second-order valence-corrected chi connectivity index (χ2v) is 9.43. The van der Waals surface area contributed by atoms with Gasteiger partial charge in [0.2, 0.25) is 12.2 Å². The molecule has 0 bridgehead atoms. The lowest BCUT2D eigenvalue weighted by Crippen LogP contribution is -2.39. The van der Waals surface area contributed by atoms with Gasteiger partial charge in [-0.05, 0) is 63.2 Å². The number of hydrogen-bond acceptors (Lipinski definition) is 8. The summed E-state index contributed by atoms with van der Waals surface area (Å²) in [5, 5.41) is 0. The fourth-order valence-electron chi connectivity index (χ4n) is 5.23. The van der Waals surface area contributed by atoms with E-state index in [-0.39, 0.29) is 48.1 Å². The molecule has 8 heteroatoms. The van der Waals surface area contributed by atoms with E-state index in [1.54, 1.807) is 12.2 Å². The number of nitrogens with zero attached hydrogens (tertiary/aromatic N) is 2. The molecule has 0 aromatic carbocycles. The van der Waals surface area contributed by atoms with Crippen LogP contribution in [0.5, 0.6) is 0 Å². The third kappa shape index (κ3) is 6.02. The Kier molecular flexibility index (Phi) is 8.54. The number of carbonyl (C=O) groups is 2. The zero-order valence-electron chi connectivity index (χ0n) is 18.8. The zero-order chi connectivity index (χ0) is 23.1. The van der Waals surface area contributed by atoms with Crippen molar-refractivity contribution in [3.63, 3.8) is 0 Å². The summed E-state index contributed by atoms with van der Waals surface area (Å²) >= 11 is 0. The van der Waals surface area contributed by atoms with Gasteiger partial charge in [0.15, 0.2) is 0 Å². The Morgan fingerprint density at radius 3 is 1.50 bits per heavy atom. The molecule has 0 aromatic rings. The average molecular weight is 445 g/mol. The van der Waals surface area contributed by atoms with E-state index in [1.807, 2.05) is 26.0 Å². The van der Waals surface area contributed by atoms with Gasteiger partial charge in [-0.3, -0.25) is 9.59 Å². The maximum absolute atomic E-state index is 13.0. The lowest BCUT2D eigenvalue weighted by molar-refractivity contribution is -0.169. The van der Waals surface area contributed by atoms with Crippen LogP contribution in [0.4, 0.5) is 0 Å². The normalized spacial score (nSPS) is 36.8. The lowest BCUT2D eigenvalue weighted by atomic mass is 9.81. The van der Waals surface area contributed by atoms with Crippen molar-refractivity contribution >= 4 is 24.1 Å². The van der Waals surface area contributed by atoms with E-state index in [1.165, 1.54) is 0 Å². The van der Waals surface area contributed by atoms with E-state index >= 15 is 0 Å². The van der Waals surface area contributed by atoms with Crippen molar-refractivity contribution in [2.75, 3.05) is 0 Å². The lowest BCUT2D eigenvalue weighted by Gasteiger charge is -2.34. The van der Waals surface area contributed by atoms with Crippen LogP contribution in [0, 0.1) is 23.7 Å². The Hall–Kier alpha value is -2.56. The standard InChI is InChI=1S/C24H32N2O6/c1-15-11-17(7-9-21(15)25-13-27)31-23(29)19-5-3-4-6-20(19)24(30)32-18-8-10-22(26-14-28)16(2)12-18/h3-4,15-22H,5-12H2,1-2H3. The molecule has 0 heterocycles. The van der Waals surface area contributed by atoms with Crippen molar-refractivity contribution in [1.82, 2.24) is 0 Å². The van der Waals surface area contributed by atoms with Crippen molar-refractivity contribution in [2.45, 2.75) is 89.5 Å². The minimum Gasteiger partial charge on any atom is -0.462 e. The van der Waals surface area contributed by atoms with Gasteiger partial charge in [-0.2, -0.15) is 0 Å². The van der Waals surface area contributed by atoms with Gasteiger partial charge in [-0.25, -0.2) is 19.6 Å². The van der Waals surface area contributed by atoms with Gasteiger partial charge >= 0.3 is 11.9 Å². The average Bonchev–Trinajstić information content (AvgIpc) is 2.77. The number of ether oxygens (including phenoxy) is 2.